The van der Waals surface area contributed by atoms with Gasteiger partial charge in [0.25, 0.3) is 0 Å². The average Bonchev–Trinajstić information content (AvgIpc) is 2.75. The molecule has 1 aliphatic rings. The molecule has 0 radical (unpaired) electrons. The van der Waals surface area contributed by atoms with Crippen molar-refractivity contribution in [1.82, 2.24) is 10.3 Å². The van der Waals surface area contributed by atoms with Gasteiger partial charge in [-0.25, -0.2) is 4.98 Å². The summed E-state index contributed by atoms with van der Waals surface area (Å²) in [5.41, 5.74) is 1.17. The van der Waals surface area contributed by atoms with Gasteiger partial charge in [0.1, 0.15) is 0 Å². The molecule has 3 nitrogen and oxygen atoms in total. The van der Waals surface area contributed by atoms with Crippen LogP contribution in [0.5, 0.6) is 0 Å². The minimum Gasteiger partial charge on any atom is -0.344 e. The molecule has 0 amide bonds. The Morgan fingerprint density at radius 1 is 1.59 bits per heavy atom. The van der Waals surface area contributed by atoms with Crippen LogP contribution in [0.1, 0.15) is 26.5 Å². The van der Waals surface area contributed by atoms with Crippen LogP contribution in [-0.4, -0.2) is 35.1 Å². The number of thioether (sulfide) groups is 1. The fraction of sp³-hybridized carbons (Fsp3) is 0.750. The van der Waals surface area contributed by atoms with E-state index >= 15 is 0 Å². The molecule has 1 aliphatic heterocycles. The van der Waals surface area contributed by atoms with Crippen molar-refractivity contribution in [2.75, 3.05) is 23.0 Å². The van der Waals surface area contributed by atoms with Gasteiger partial charge in [-0.15, -0.1) is 11.3 Å². The van der Waals surface area contributed by atoms with Gasteiger partial charge in [0.15, 0.2) is 5.13 Å². The lowest BCUT2D eigenvalue weighted by atomic mass is 10.3. The lowest BCUT2D eigenvalue weighted by Crippen LogP contribution is -2.40. The third-order valence-electron chi connectivity index (χ3n) is 2.84. The molecule has 0 spiro atoms. The van der Waals surface area contributed by atoms with Crippen molar-refractivity contribution in [3.05, 3.63) is 11.1 Å². The van der Waals surface area contributed by atoms with E-state index in [1.807, 2.05) is 11.8 Å². The molecule has 1 saturated heterocycles. The van der Waals surface area contributed by atoms with Crippen LogP contribution < -0.4 is 10.2 Å². The largest absolute Gasteiger partial charge is 0.344 e. The summed E-state index contributed by atoms with van der Waals surface area (Å²) in [6, 6.07) is 1.14. The zero-order valence-electron chi connectivity index (χ0n) is 10.8. The summed E-state index contributed by atoms with van der Waals surface area (Å²) in [4.78, 5) is 7.17. The third kappa shape index (κ3) is 3.60. The molecule has 1 fully saturated rings. The number of aromatic nitrogens is 1. The van der Waals surface area contributed by atoms with Gasteiger partial charge in [0.05, 0.1) is 5.69 Å². The van der Waals surface area contributed by atoms with Gasteiger partial charge in [0.2, 0.25) is 0 Å². The van der Waals surface area contributed by atoms with Crippen molar-refractivity contribution in [2.45, 2.75) is 39.4 Å². The highest BCUT2D eigenvalue weighted by Crippen LogP contribution is 2.26. The fourth-order valence-corrected chi connectivity index (χ4v) is 3.80. The molecular formula is C12H21N3S2. The van der Waals surface area contributed by atoms with Crippen LogP contribution in [0, 0.1) is 0 Å². The Morgan fingerprint density at radius 3 is 3.12 bits per heavy atom. The Morgan fingerprint density at radius 2 is 2.41 bits per heavy atom. The number of hydrogen-bond acceptors (Lipinski definition) is 5. The first-order valence-electron chi connectivity index (χ1n) is 6.19. The van der Waals surface area contributed by atoms with Gasteiger partial charge < -0.3 is 10.2 Å². The lowest BCUT2D eigenvalue weighted by molar-refractivity contribution is 0.582. The summed E-state index contributed by atoms with van der Waals surface area (Å²) in [6.07, 6.45) is 0. The van der Waals surface area contributed by atoms with E-state index in [0.29, 0.717) is 12.1 Å². The zero-order chi connectivity index (χ0) is 12.3. The van der Waals surface area contributed by atoms with Crippen LogP contribution in [-0.2, 0) is 6.54 Å². The van der Waals surface area contributed by atoms with Crippen LogP contribution in [0.2, 0.25) is 0 Å². The van der Waals surface area contributed by atoms with E-state index in [-0.39, 0.29) is 0 Å². The van der Waals surface area contributed by atoms with Crippen LogP contribution in [0.4, 0.5) is 5.13 Å². The molecule has 0 saturated carbocycles. The molecule has 2 heterocycles. The maximum Gasteiger partial charge on any atom is 0.185 e. The molecule has 1 N–H and O–H groups in total. The van der Waals surface area contributed by atoms with Gasteiger partial charge in [0, 0.05) is 42.1 Å². The number of thiazole rings is 1. The van der Waals surface area contributed by atoms with Gasteiger partial charge in [-0.2, -0.15) is 11.8 Å². The monoisotopic (exact) mass is 271 g/mol. The molecule has 0 bridgehead atoms. The first kappa shape index (κ1) is 13.2. The summed E-state index contributed by atoms with van der Waals surface area (Å²) in [7, 11) is 0. The Kier molecular flexibility index (Phi) is 4.70. The Bertz CT molecular complexity index is 351. The second-order valence-electron chi connectivity index (χ2n) is 4.77. The fourth-order valence-electron chi connectivity index (χ4n) is 1.83. The highest BCUT2D eigenvalue weighted by atomic mass is 32.2. The quantitative estimate of drug-likeness (QED) is 0.911. The summed E-state index contributed by atoms with van der Waals surface area (Å²) in [5.74, 6) is 2.45. The first-order chi connectivity index (χ1) is 8.16. The van der Waals surface area contributed by atoms with Crippen LogP contribution in [0.3, 0.4) is 0 Å². The molecule has 1 atom stereocenters. The number of nitrogens with one attached hydrogen (secondary N) is 1. The second kappa shape index (κ2) is 6.07. The van der Waals surface area contributed by atoms with Crippen LogP contribution in [0.15, 0.2) is 5.38 Å². The Labute approximate surface area is 112 Å². The van der Waals surface area contributed by atoms with Crippen LogP contribution in [0.25, 0.3) is 0 Å². The van der Waals surface area contributed by atoms with Gasteiger partial charge in [-0.3, -0.25) is 0 Å². The normalized spacial score (nSPS) is 21.2. The predicted octanol–water partition coefficient (Wildman–Crippen LogP) is 2.58. The number of anilines is 1. The minimum absolute atomic E-state index is 0.519. The maximum absolute atomic E-state index is 4.73. The van der Waals surface area contributed by atoms with Gasteiger partial charge >= 0.3 is 0 Å². The smallest absolute Gasteiger partial charge is 0.185 e. The summed E-state index contributed by atoms with van der Waals surface area (Å²) >= 11 is 3.82. The second-order valence-corrected chi connectivity index (χ2v) is 6.76. The lowest BCUT2D eigenvalue weighted by Gasteiger charge is -2.32. The molecule has 1 aromatic rings. The SMILES string of the molecule is CC(C)NCc1csc(N2CCSCC2C)n1. The van der Waals surface area contributed by atoms with E-state index in [9.17, 15) is 0 Å². The zero-order valence-corrected chi connectivity index (χ0v) is 12.4. The summed E-state index contributed by atoms with van der Waals surface area (Å²) < 4.78 is 0. The summed E-state index contributed by atoms with van der Waals surface area (Å²) in [6.45, 7) is 8.63. The number of nitrogens with zero attached hydrogens (tertiary/aromatic N) is 2. The van der Waals surface area contributed by atoms with E-state index < -0.39 is 0 Å². The van der Waals surface area contributed by atoms with Crippen molar-refractivity contribution in [3.8, 4) is 0 Å². The number of rotatable bonds is 4. The maximum atomic E-state index is 4.73. The topological polar surface area (TPSA) is 28.2 Å². The van der Waals surface area contributed by atoms with E-state index in [1.54, 1.807) is 11.3 Å². The molecule has 96 valence electrons. The molecule has 2 rings (SSSR count). The molecule has 0 aromatic carbocycles. The van der Waals surface area contributed by atoms with Crippen molar-refractivity contribution < 1.29 is 0 Å². The van der Waals surface area contributed by atoms with E-state index in [0.717, 1.165) is 13.1 Å². The van der Waals surface area contributed by atoms with Gasteiger partial charge in [-0.1, -0.05) is 13.8 Å². The predicted molar refractivity (Wildman–Crippen MR) is 78.2 cm³/mol. The highest BCUT2D eigenvalue weighted by Gasteiger charge is 2.21. The first-order valence-corrected chi connectivity index (χ1v) is 8.22. The molecule has 0 aliphatic carbocycles. The van der Waals surface area contributed by atoms with Crippen LogP contribution >= 0.6 is 23.1 Å². The molecular weight excluding hydrogens is 250 g/mol. The Balaban J connectivity index is 1.97. The van der Waals surface area contributed by atoms with E-state index in [4.69, 9.17) is 4.98 Å². The highest BCUT2D eigenvalue weighted by molar-refractivity contribution is 7.99. The van der Waals surface area contributed by atoms with Crippen molar-refractivity contribution in [3.63, 3.8) is 0 Å². The van der Waals surface area contributed by atoms with Crippen molar-refractivity contribution >= 4 is 28.2 Å². The molecule has 1 unspecified atom stereocenters. The number of hydrogen-bond donors (Lipinski definition) is 1. The summed E-state index contributed by atoms with van der Waals surface area (Å²) in [5, 5.41) is 6.78. The third-order valence-corrected chi connectivity index (χ3v) is 4.96. The van der Waals surface area contributed by atoms with Gasteiger partial charge in [-0.05, 0) is 6.92 Å². The molecule has 5 heteroatoms. The Hall–Kier alpha value is -0.260. The molecule has 1 aromatic heterocycles. The minimum atomic E-state index is 0.519. The molecule has 17 heavy (non-hydrogen) atoms. The van der Waals surface area contributed by atoms with Crippen molar-refractivity contribution in [2.24, 2.45) is 0 Å². The van der Waals surface area contributed by atoms with Crippen molar-refractivity contribution in [1.29, 1.82) is 0 Å². The average molecular weight is 271 g/mol. The standard InChI is InChI=1S/C12H21N3S2/c1-9(2)13-6-11-8-17-12(14-11)15-4-5-16-7-10(15)3/h8-10,13H,4-7H2,1-3H3. The van der Waals surface area contributed by atoms with E-state index in [1.165, 1.54) is 22.3 Å². The van der Waals surface area contributed by atoms with E-state index in [2.05, 4.69) is 36.4 Å².